The Morgan fingerprint density at radius 1 is 0.760 bits per heavy atom. The van der Waals surface area contributed by atoms with Gasteiger partial charge in [-0.25, -0.2) is 4.79 Å². The Morgan fingerprint density at radius 2 is 1.12 bits per heavy atom. The normalized spacial score (nSPS) is 12.2. The largest absolute Gasteiger partial charge is 0.353 e. The molecule has 0 aliphatic heterocycles. The Hall–Kier alpha value is -2.93. The van der Waals surface area contributed by atoms with Gasteiger partial charge < -0.3 is 4.74 Å². The minimum absolute atomic E-state index is 0.391. The van der Waals surface area contributed by atoms with Crippen LogP contribution in [0.15, 0.2) is 97.1 Å². The topological polar surface area (TPSA) is 26.3 Å². The summed E-state index contributed by atoms with van der Waals surface area (Å²) < 4.78 is 6.52. The lowest BCUT2D eigenvalue weighted by Gasteiger charge is -2.37. The predicted octanol–water partition coefficient (Wildman–Crippen LogP) is 4.77. The van der Waals surface area contributed by atoms with Gasteiger partial charge in [-0.1, -0.05) is 91.0 Å². The lowest BCUT2D eigenvalue weighted by atomic mass is 9.80. The maximum Gasteiger partial charge on any atom is 0.144 e. The first-order chi connectivity index (χ1) is 12.3. The molecule has 0 heterocycles. The molecule has 3 rings (SSSR count). The maximum atomic E-state index is 10.9. The number of benzene rings is 3. The molecule has 1 atom stereocenters. The third-order valence-electron chi connectivity index (χ3n) is 4.21. The summed E-state index contributed by atoms with van der Waals surface area (Å²) in [6.07, 6.45) is 1.02. The third kappa shape index (κ3) is 3.46. The second-order valence-electron chi connectivity index (χ2n) is 5.89. The summed E-state index contributed by atoms with van der Waals surface area (Å²) in [6, 6.07) is 30.3. The molecule has 2 heteroatoms. The summed E-state index contributed by atoms with van der Waals surface area (Å²) in [5, 5.41) is 0. The number of ether oxygens (including phenoxy) is 1. The van der Waals surface area contributed by atoms with E-state index >= 15 is 0 Å². The van der Waals surface area contributed by atoms with Gasteiger partial charge in [-0.15, -0.1) is 0 Å². The monoisotopic (exact) mass is 328 g/mol. The van der Waals surface area contributed by atoms with Gasteiger partial charge >= 0.3 is 0 Å². The zero-order valence-corrected chi connectivity index (χ0v) is 14.1. The summed E-state index contributed by atoms with van der Waals surface area (Å²) in [5.74, 6) is 1.84. The van der Waals surface area contributed by atoms with E-state index in [1.54, 1.807) is 0 Å². The quantitative estimate of drug-likeness (QED) is 0.481. The van der Waals surface area contributed by atoms with Crippen LogP contribution in [0.4, 0.5) is 0 Å². The Balaban J connectivity index is 2.29. The highest BCUT2D eigenvalue weighted by atomic mass is 16.5. The van der Waals surface area contributed by atoms with Crippen molar-refractivity contribution in [1.82, 2.24) is 0 Å². The summed E-state index contributed by atoms with van der Waals surface area (Å²) in [5.41, 5.74) is 2.23. The van der Waals surface area contributed by atoms with E-state index in [-0.39, 0.29) is 0 Å². The fourth-order valence-corrected chi connectivity index (χ4v) is 3.13. The predicted molar refractivity (Wildman–Crippen MR) is 100 cm³/mol. The Bertz CT molecular complexity index is 738. The SMILES string of the molecule is CC(C=C=O)OC(c1ccccc1)(c1ccccc1)c1ccccc1. The van der Waals surface area contributed by atoms with Crippen molar-refractivity contribution < 1.29 is 9.53 Å². The van der Waals surface area contributed by atoms with Crippen molar-refractivity contribution in [2.75, 3.05) is 0 Å². The second-order valence-corrected chi connectivity index (χ2v) is 5.89. The average molecular weight is 328 g/mol. The molecule has 0 saturated heterocycles. The lowest BCUT2D eigenvalue weighted by molar-refractivity contribution is -0.0153. The van der Waals surface area contributed by atoms with E-state index in [0.29, 0.717) is 0 Å². The molecule has 0 aliphatic rings. The van der Waals surface area contributed by atoms with Crippen LogP contribution in [0.2, 0.25) is 0 Å². The van der Waals surface area contributed by atoms with Gasteiger partial charge in [0.05, 0.1) is 6.10 Å². The maximum absolute atomic E-state index is 10.9. The Labute approximate surface area is 148 Å². The summed E-state index contributed by atoms with van der Waals surface area (Å²) in [6.45, 7) is 1.86. The van der Waals surface area contributed by atoms with Crippen LogP contribution >= 0.6 is 0 Å². The van der Waals surface area contributed by atoms with Crippen LogP contribution in [-0.4, -0.2) is 12.0 Å². The summed E-state index contributed by atoms with van der Waals surface area (Å²) >= 11 is 0. The van der Waals surface area contributed by atoms with Gasteiger partial charge in [0.2, 0.25) is 0 Å². The molecular formula is C23H20O2. The molecule has 0 spiro atoms. The molecule has 3 aromatic carbocycles. The van der Waals surface area contributed by atoms with Crippen molar-refractivity contribution in [2.24, 2.45) is 0 Å². The first-order valence-corrected chi connectivity index (χ1v) is 8.33. The molecule has 0 fully saturated rings. The molecule has 0 amide bonds. The standard InChI is InChI=1S/C23H20O2/c1-19(17-18-24)25-23(20-11-5-2-6-12-20,21-13-7-3-8-14-21)22-15-9-4-10-16-22/h2-17,19H,1H3. The van der Waals surface area contributed by atoms with Crippen molar-refractivity contribution in [3.63, 3.8) is 0 Å². The molecular weight excluding hydrogens is 308 g/mol. The molecule has 0 aliphatic carbocycles. The van der Waals surface area contributed by atoms with E-state index in [4.69, 9.17) is 4.74 Å². The van der Waals surface area contributed by atoms with Crippen LogP contribution in [0.3, 0.4) is 0 Å². The van der Waals surface area contributed by atoms with E-state index in [1.807, 2.05) is 67.5 Å². The van der Waals surface area contributed by atoms with Crippen molar-refractivity contribution in [3.8, 4) is 0 Å². The summed E-state index contributed by atoms with van der Waals surface area (Å²) in [7, 11) is 0. The van der Waals surface area contributed by atoms with Crippen LogP contribution in [0.1, 0.15) is 23.6 Å². The van der Waals surface area contributed by atoms with Crippen LogP contribution in [0.5, 0.6) is 0 Å². The molecule has 25 heavy (non-hydrogen) atoms. The molecule has 0 aromatic heterocycles. The van der Waals surface area contributed by atoms with Gasteiger partial charge in [0.1, 0.15) is 11.5 Å². The zero-order valence-electron chi connectivity index (χ0n) is 14.1. The van der Waals surface area contributed by atoms with Gasteiger partial charge in [0.15, 0.2) is 0 Å². The average Bonchev–Trinajstić information content (AvgIpc) is 2.68. The minimum atomic E-state index is -0.809. The van der Waals surface area contributed by atoms with E-state index < -0.39 is 11.7 Å². The van der Waals surface area contributed by atoms with Crippen LogP contribution < -0.4 is 0 Å². The molecule has 2 nitrogen and oxygen atoms in total. The molecule has 0 saturated carbocycles. The fourth-order valence-electron chi connectivity index (χ4n) is 3.13. The Morgan fingerprint density at radius 3 is 1.44 bits per heavy atom. The van der Waals surface area contributed by atoms with E-state index in [9.17, 15) is 4.79 Å². The van der Waals surface area contributed by atoms with E-state index in [0.717, 1.165) is 16.7 Å². The second kappa shape index (κ2) is 7.76. The van der Waals surface area contributed by atoms with Crippen LogP contribution in [0, 0.1) is 0 Å². The van der Waals surface area contributed by atoms with Gasteiger partial charge in [-0.3, -0.25) is 0 Å². The van der Waals surface area contributed by atoms with Gasteiger partial charge in [0, 0.05) is 6.08 Å². The highest BCUT2D eigenvalue weighted by molar-refractivity contribution is 5.49. The van der Waals surface area contributed by atoms with Crippen molar-refractivity contribution >= 4 is 5.94 Å². The van der Waals surface area contributed by atoms with Crippen molar-refractivity contribution in [3.05, 3.63) is 114 Å². The lowest BCUT2D eigenvalue weighted by Crippen LogP contribution is -2.35. The molecule has 3 aromatic rings. The number of rotatable bonds is 6. The van der Waals surface area contributed by atoms with E-state index in [2.05, 4.69) is 36.4 Å². The molecule has 124 valence electrons. The van der Waals surface area contributed by atoms with Crippen molar-refractivity contribution in [1.29, 1.82) is 0 Å². The van der Waals surface area contributed by atoms with Gasteiger partial charge in [-0.2, -0.15) is 0 Å². The Kier molecular flexibility index (Phi) is 5.25. The van der Waals surface area contributed by atoms with E-state index in [1.165, 1.54) is 6.08 Å². The summed E-state index contributed by atoms with van der Waals surface area (Å²) in [4.78, 5) is 10.9. The fraction of sp³-hybridized carbons (Fsp3) is 0.130. The molecule has 0 radical (unpaired) electrons. The molecule has 1 unspecified atom stereocenters. The third-order valence-corrected chi connectivity index (χ3v) is 4.21. The minimum Gasteiger partial charge on any atom is -0.353 e. The highest BCUT2D eigenvalue weighted by Crippen LogP contribution is 2.41. The first-order valence-electron chi connectivity index (χ1n) is 8.33. The smallest absolute Gasteiger partial charge is 0.144 e. The van der Waals surface area contributed by atoms with Crippen LogP contribution in [-0.2, 0) is 15.1 Å². The first kappa shape index (κ1) is 16.9. The molecule has 0 bridgehead atoms. The van der Waals surface area contributed by atoms with Gasteiger partial charge in [-0.05, 0) is 23.6 Å². The number of hydrogen-bond donors (Lipinski definition) is 0. The highest BCUT2D eigenvalue weighted by Gasteiger charge is 2.38. The number of carbonyl (C=O) groups excluding carboxylic acids is 1. The molecule has 0 N–H and O–H groups in total. The van der Waals surface area contributed by atoms with Crippen LogP contribution in [0.25, 0.3) is 0 Å². The number of hydrogen-bond acceptors (Lipinski definition) is 2. The zero-order chi connectivity index (χ0) is 17.5. The van der Waals surface area contributed by atoms with Gasteiger partial charge in [0.25, 0.3) is 0 Å². The van der Waals surface area contributed by atoms with Crippen molar-refractivity contribution in [2.45, 2.75) is 18.6 Å².